The van der Waals surface area contributed by atoms with Gasteiger partial charge < -0.3 is 5.11 Å². The summed E-state index contributed by atoms with van der Waals surface area (Å²) < 4.78 is 0. The van der Waals surface area contributed by atoms with Crippen molar-refractivity contribution in [1.29, 1.82) is 0 Å². The standard InChI is InChI=1S/C17H18O/c18-17(14-6-2-1-3-7-14)16-11-5-10-15(12-16)13-8-4-9-13/h1-3,5-7,10-13,17-18H,4,8-9H2. The molecule has 1 unspecified atom stereocenters. The van der Waals surface area contributed by atoms with Crippen LogP contribution in [0.25, 0.3) is 0 Å². The van der Waals surface area contributed by atoms with Crippen LogP contribution in [0.1, 0.15) is 48.0 Å². The fourth-order valence-electron chi connectivity index (χ4n) is 2.55. The molecule has 1 N–H and O–H groups in total. The van der Waals surface area contributed by atoms with Crippen LogP contribution in [-0.2, 0) is 0 Å². The van der Waals surface area contributed by atoms with Gasteiger partial charge >= 0.3 is 0 Å². The van der Waals surface area contributed by atoms with Gasteiger partial charge in [-0.3, -0.25) is 0 Å². The molecule has 1 heteroatoms. The number of aliphatic hydroxyl groups is 1. The van der Waals surface area contributed by atoms with E-state index in [1.54, 1.807) is 0 Å². The molecule has 0 heterocycles. The second kappa shape index (κ2) is 4.95. The van der Waals surface area contributed by atoms with Crippen LogP contribution < -0.4 is 0 Å². The molecule has 92 valence electrons. The summed E-state index contributed by atoms with van der Waals surface area (Å²) >= 11 is 0. The molecular weight excluding hydrogens is 220 g/mol. The van der Waals surface area contributed by atoms with Crippen LogP contribution in [0.15, 0.2) is 54.6 Å². The molecule has 1 saturated carbocycles. The molecule has 1 fully saturated rings. The Kier molecular flexibility index (Phi) is 3.16. The highest BCUT2D eigenvalue weighted by atomic mass is 16.3. The maximum Gasteiger partial charge on any atom is 0.104 e. The predicted octanol–water partition coefficient (Wildman–Crippen LogP) is 4.04. The Labute approximate surface area is 108 Å². The third-order valence-electron chi connectivity index (χ3n) is 3.92. The summed E-state index contributed by atoms with van der Waals surface area (Å²) in [5.74, 6) is 0.716. The van der Waals surface area contributed by atoms with Crippen molar-refractivity contribution in [2.24, 2.45) is 0 Å². The molecule has 0 bridgehead atoms. The Morgan fingerprint density at radius 3 is 2.28 bits per heavy atom. The van der Waals surface area contributed by atoms with Crippen LogP contribution in [0, 0.1) is 0 Å². The Morgan fingerprint density at radius 1 is 0.889 bits per heavy atom. The van der Waals surface area contributed by atoms with Gasteiger partial charge in [0.15, 0.2) is 0 Å². The summed E-state index contributed by atoms with van der Waals surface area (Å²) in [5.41, 5.74) is 3.35. The maximum atomic E-state index is 10.4. The van der Waals surface area contributed by atoms with Gasteiger partial charge in [0, 0.05) is 0 Å². The van der Waals surface area contributed by atoms with Crippen molar-refractivity contribution in [2.75, 3.05) is 0 Å². The van der Waals surface area contributed by atoms with E-state index < -0.39 is 6.10 Å². The van der Waals surface area contributed by atoms with Gasteiger partial charge in [-0.05, 0) is 35.4 Å². The maximum absolute atomic E-state index is 10.4. The molecule has 0 aromatic heterocycles. The summed E-state index contributed by atoms with van der Waals surface area (Å²) in [6.07, 6.45) is 3.43. The fraction of sp³-hybridized carbons (Fsp3) is 0.294. The highest BCUT2D eigenvalue weighted by Crippen LogP contribution is 2.37. The van der Waals surface area contributed by atoms with Gasteiger partial charge in [-0.15, -0.1) is 0 Å². The molecular formula is C17H18O. The van der Waals surface area contributed by atoms with Gasteiger partial charge in [-0.2, -0.15) is 0 Å². The van der Waals surface area contributed by atoms with Crippen molar-refractivity contribution in [1.82, 2.24) is 0 Å². The molecule has 2 aromatic carbocycles. The minimum atomic E-state index is -0.508. The van der Waals surface area contributed by atoms with E-state index in [-0.39, 0.29) is 0 Å². The topological polar surface area (TPSA) is 20.2 Å². The SMILES string of the molecule is OC(c1ccccc1)c1cccc(C2CCC2)c1. The van der Waals surface area contributed by atoms with Crippen LogP contribution in [0.3, 0.4) is 0 Å². The van der Waals surface area contributed by atoms with Crippen molar-refractivity contribution in [3.05, 3.63) is 71.3 Å². The monoisotopic (exact) mass is 238 g/mol. The second-order valence-electron chi connectivity index (χ2n) is 5.11. The minimum absolute atomic E-state index is 0.508. The van der Waals surface area contributed by atoms with E-state index in [9.17, 15) is 5.11 Å². The quantitative estimate of drug-likeness (QED) is 0.855. The van der Waals surface area contributed by atoms with Crippen molar-refractivity contribution in [3.8, 4) is 0 Å². The highest BCUT2D eigenvalue weighted by molar-refractivity contribution is 5.34. The smallest absolute Gasteiger partial charge is 0.104 e. The van der Waals surface area contributed by atoms with Crippen LogP contribution >= 0.6 is 0 Å². The Morgan fingerprint density at radius 2 is 1.61 bits per heavy atom. The highest BCUT2D eigenvalue weighted by Gasteiger charge is 2.20. The fourth-order valence-corrected chi connectivity index (χ4v) is 2.55. The zero-order valence-corrected chi connectivity index (χ0v) is 10.4. The molecule has 1 atom stereocenters. The lowest BCUT2D eigenvalue weighted by molar-refractivity contribution is 0.220. The summed E-state index contributed by atoms with van der Waals surface area (Å²) in [6, 6.07) is 18.3. The van der Waals surface area contributed by atoms with Gasteiger partial charge in [-0.25, -0.2) is 0 Å². The molecule has 1 nitrogen and oxygen atoms in total. The third kappa shape index (κ3) is 2.19. The number of hydrogen-bond acceptors (Lipinski definition) is 1. The lowest BCUT2D eigenvalue weighted by atomic mass is 9.79. The lowest BCUT2D eigenvalue weighted by Crippen LogP contribution is -2.09. The van der Waals surface area contributed by atoms with Crippen molar-refractivity contribution >= 4 is 0 Å². The first-order chi connectivity index (χ1) is 8.84. The molecule has 1 aliphatic rings. The van der Waals surface area contributed by atoms with E-state index in [4.69, 9.17) is 0 Å². The largest absolute Gasteiger partial charge is 0.384 e. The molecule has 0 radical (unpaired) electrons. The van der Waals surface area contributed by atoms with Gasteiger partial charge in [0.2, 0.25) is 0 Å². The van der Waals surface area contributed by atoms with E-state index in [1.165, 1.54) is 24.8 Å². The molecule has 18 heavy (non-hydrogen) atoms. The third-order valence-corrected chi connectivity index (χ3v) is 3.92. The molecule has 3 rings (SSSR count). The number of aliphatic hydroxyl groups excluding tert-OH is 1. The minimum Gasteiger partial charge on any atom is -0.384 e. The second-order valence-corrected chi connectivity index (χ2v) is 5.11. The van der Waals surface area contributed by atoms with Crippen LogP contribution in [0.5, 0.6) is 0 Å². The molecule has 0 saturated heterocycles. The zero-order valence-electron chi connectivity index (χ0n) is 10.4. The number of rotatable bonds is 3. The summed E-state index contributed by atoms with van der Waals surface area (Å²) in [5, 5.41) is 10.4. The molecule has 0 aliphatic heterocycles. The van der Waals surface area contributed by atoms with E-state index in [2.05, 4.69) is 18.2 Å². The normalized spacial score (nSPS) is 17.2. The van der Waals surface area contributed by atoms with Crippen LogP contribution in [0.4, 0.5) is 0 Å². The predicted molar refractivity (Wildman–Crippen MR) is 73.5 cm³/mol. The van der Waals surface area contributed by atoms with Crippen LogP contribution in [-0.4, -0.2) is 5.11 Å². The lowest BCUT2D eigenvalue weighted by Gasteiger charge is -2.26. The van der Waals surface area contributed by atoms with E-state index in [0.29, 0.717) is 5.92 Å². The van der Waals surface area contributed by atoms with Crippen LogP contribution in [0.2, 0.25) is 0 Å². The molecule has 2 aromatic rings. The Bertz CT molecular complexity index is 514. The van der Waals surface area contributed by atoms with Gasteiger partial charge in [0.1, 0.15) is 6.10 Å². The number of benzene rings is 2. The molecule has 0 amide bonds. The average molecular weight is 238 g/mol. The van der Waals surface area contributed by atoms with E-state index >= 15 is 0 Å². The summed E-state index contributed by atoms with van der Waals surface area (Å²) in [6.45, 7) is 0. The first-order valence-electron chi connectivity index (χ1n) is 6.67. The first kappa shape index (κ1) is 11.5. The number of hydrogen-bond donors (Lipinski definition) is 1. The van der Waals surface area contributed by atoms with Gasteiger partial charge in [0.05, 0.1) is 0 Å². The summed E-state index contributed by atoms with van der Waals surface area (Å²) in [7, 11) is 0. The molecule has 0 spiro atoms. The van der Waals surface area contributed by atoms with Crippen molar-refractivity contribution in [2.45, 2.75) is 31.3 Å². The zero-order chi connectivity index (χ0) is 12.4. The van der Waals surface area contributed by atoms with Gasteiger partial charge in [-0.1, -0.05) is 61.0 Å². The van der Waals surface area contributed by atoms with E-state index in [0.717, 1.165) is 11.1 Å². The molecule has 1 aliphatic carbocycles. The average Bonchev–Trinajstić information content (AvgIpc) is 2.37. The van der Waals surface area contributed by atoms with Crippen molar-refractivity contribution in [3.63, 3.8) is 0 Å². The van der Waals surface area contributed by atoms with Crippen molar-refractivity contribution < 1.29 is 5.11 Å². The summed E-state index contributed by atoms with van der Waals surface area (Å²) in [4.78, 5) is 0. The van der Waals surface area contributed by atoms with E-state index in [1.807, 2.05) is 36.4 Å². The van der Waals surface area contributed by atoms with Gasteiger partial charge in [0.25, 0.3) is 0 Å². The Balaban J connectivity index is 1.87. The Hall–Kier alpha value is -1.60. The first-order valence-corrected chi connectivity index (χ1v) is 6.67.